The normalized spacial score (nSPS) is 12.7. The number of nitrogens with zero attached hydrogens (tertiary/aromatic N) is 4. The highest BCUT2D eigenvalue weighted by Crippen LogP contribution is 2.23. The van der Waals surface area contributed by atoms with Crippen molar-refractivity contribution in [1.29, 1.82) is 0 Å². The average Bonchev–Trinajstić information content (AvgIpc) is 2.71. The van der Waals surface area contributed by atoms with Gasteiger partial charge in [0.15, 0.2) is 5.65 Å². The van der Waals surface area contributed by atoms with Gasteiger partial charge in [-0.25, -0.2) is 4.98 Å². The van der Waals surface area contributed by atoms with Gasteiger partial charge in [-0.1, -0.05) is 13.3 Å². The predicted molar refractivity (Wildman–Crippen MR) is 84.4 cm³/mol. The molecule has 0 radical (unpaired) electrons. The maximum atomic E-state index is 12.8. The number of hydrogen-bond acceptors (Lipinski definition) is 3. The first kappa shape index (κ1) is 15.5. The molecule has 2 aromatic heterocycles. The van der Waals surface area contributed by atoms with Gasteiger partial charge in [0.1, 0.15) is 0 Å². The Kier molecular flexibility index (Phi) is 4.30. The van der Waals surface area contributed by atoms with E-state index in [1.807, 2.05) is 38.9 Å². The molecule has 0 spiro atoms. The molecule has 2 rings (SSSR count). The molecule has 0 N–H and O–H groups in total. The Morgan fingerprint density at radius 1 is 1.43 bits per heavy atom. The molecular weight excluding hydrogens is 264 g/mol. The van der Waals surface area contributed by atoms with Crippen molar-refractivity contribution in [3.63, 3.8) is 0 Å². The Balaban J connectivity index is 2.53. The zero-order chi connectivity index (χ0) is 15.7. The number of aromatic nitrogens is 3. The summed E-state index contributed by atoms with van der Waals surface area (Å²) in [5, 5.41) is 5.26. The zero-order valence-corrected chi connectivity index (χ0v) is 13.8. The first-order chi connectivity index (χ1) is 9.86. The summed E-state index contributed by atoms with van der Waals surface area (Å²) in [5.74, 6) is 0.0440. The first-order valence-corrected chi connectivity index (χ1v) is 7.44. The van der Waals surface area contributed by atoms with Gasteiger partial charge in [-0.3, -0.25) is 9.48 Å². The number of amides is 1. The fourth-order valence-electron chi connectivity index (χ4n) is 2.74. The minimum Gasteiger partial charge on any atom is -0.339 e. The highest BCUT2D eigenvalue weighted by molar-refractivity contribution is 6.06. The van der Waals surface area contributed by atoms with E-state index in [4.69, 9.17) is 0 Å². The molecule has 0 aliphatic carbocycles. The molecule has 0 aliphatic rings. The SMILES string of the molecule is CCC[C@H](C)N(C)C(=O)c1cc(C)nc2c1c(C)nn2C. The number of fused-ring (bicyclic) bond motifs is 1. The maximum Gasteiger partial charge on any atom is 0.254 e. The maximum absolute atomic E-state index is 12.8. The van der Waals surface area contributed by atoms with Crippen molar-refractivity contribution in [2.45, 2.75) is 46.6 Å². The van der Waals surface area contributed by atoms with E-state index in [0.29, 0.717) is 5.56 Å². The number of rotatable bonds is 4. The van der Waals surface area contributed by atoms with Crippen molar-refractivity contribution in [3.05, 3.63) is 23.0 Å². The third kappa shape index (κ3) is 2.77. The van der Waals surface area contributed by atoms with Gasteiger partial charge in [0.05, 0.1) is 16.6 Å². The molecule has 5 nitrogen and oxygen atoms in total. The fourth-order valence-corrected chi connectivity index (χ4v) is 2.74. The summed E-state index contributed by atoms with van der Waals surface area (Å²) < 4.78 is 1.74. The Morgan fingerprint density at radius 3 is 2.71 bits per heavy atom. The van der Waals surface area contributed by atoms with E-state index < -0.39 is 0 Å². The quantitative estimate of drug-likeness (QED) is 0.869. The summed E-state index contributed by atoms with van der Waals surface area (Å²) >= 11 is 0. The lowest BCUT2D eigenvalue weighted by molar-refractivity contribution is 0.0738. The molecule has 0 aliphatic heterocycles. The zero-order valence-electron chi connectivity index (χ0n) is 13.8. The van der Waals surface area contributed by atoms with Crippen molar-refractivity contribution in [2.75, 3.05) is 7.05 Å². The molecular formula is C16H24N4O. The van der Waals surface area contributed by atoms with Gasteiger partial charge >= 0.3 is 0 Å². The minimum atomic E-state index is 0.0440. The van der Waals surface area contributed by atoms with Crippen molar-refractivity contribution in [2.24, 2.45) is 7.05 Å². The van der Waals surface area contributed by atoms with E-state index in [-0.39, 0.29) is 11.9 Å². The van der Waals surface area contributed by atoms with Gasteiger partial charge in [0, 0.05) is 25.8 Å². The second-order valence-corrected chi connectivity index (χ2v) is 5.77. The van der Waals surface area contributed by atoms with Gasteiger partial charge in [0.25, 0.3) is 5.91 Å². The van der Waals surface area contributed by atoms with Crippen LogP contribution in [-0.4, -0.2) is 38.7 Å². The van der Waals surface area contributed by atoms with E-state index in [0.717, 1.165) is 35.3 Å². The molecule has 0 aromatic carbocycles. The smallest absolute Gasteiger partial charge is 0.254 e. The highest BCUT2D eigenvalue weighted by atomic mass is 16.2. The molecule has 0 fully saturated rings. The third-order valence-corrected chi connectivity index (χ3v) is 4.02. The molecule has 5 heteroatoms. The lowest BCUT2D eigenvalue weighted by Crippen LogP contribution is -2.35. The average molecular weight is 288 g/mol. The van der Waals surface area contributed by atoms with Crippen LogP contribution in [0.1, 0.15) is 48.4 Å². The second-order valence-electron chi connectivity index (χ2n) is 5.77. The van der Waals surface area contributed by atoms with Crippen LogP contribution < -0.4 is 0 Å². The van der Waals surface area contributed by atoms with Gasteiger partial charge in [0.2, 0.25) is 0 Å². The van der Waals surface area contributed by atoms with Crippen LogP contribution in [0.5, 0.6) is 0 Å². The summed E-state index contributed by atoms with van der Waals surface area (Å²) in [5.41, 5.74) is 3.16. The van der Waals surface area contributed by atoms with Crippen molar-refractivity contribution in [1.82, 2.24) is 19.7 Å². The molecule has 2 aromatic rings. The Hall–Kier alpha value is -1.91. The summed E-state index contributed by atoms with van der Waals surface area (Å²) in [4.78, 5) is 19.2. The van der Waals surface area contributed by atoms with Crippen LogP contribution in [-0.2, 0) is 7.05 Å². The van der Waals surface area contributed by atoms with Gasteiger partial charge in [-0.2, -0.15) is 5.10 Å². The van der Waals surface area contributed by atoms with Crippen molar-refractivity contribution in [3.8, 4) is 0 Å². The molecule has 0 bridgehead atoms. The van der Waals surface area contributed by atoms with Crippen LogP contribution in [0.15, 0.2) is 6.07 Å². The Morgan fingerprint density at radius 2 is 2.10 bits per heavy atom. The van der Waals surface area contributed by atoms with Gasteiger partial charge in [-0.15, -0.1) is 0 Å². The lowest BCUT2D eigenvalue weighted by Gasteiger charge is -2.25. The summed E-state index contributed by atoms with van der Waals surface area (Å²) in [6.07, 6.45) is 2.07. The van der Waals surface area contributed by atoms with Crippen LogP contribution in [0.3, 0.4) is 0 Å². The standard InChI is InChI=1S/C16H24N4O/c1-7-8-11(3)19(5)16(21)13-9-10(2)17-15-14(13)12(4)18-20(15)6/h9,11H,7-8H2,1-6H3/t11-/m0/s1. The van der Waals surface area contributed by atoms with E-state index >= 15 is 0 Å². The van der Waals surface area contributed by atoms with E-state index in [2.05, 4.69) is 23.9 Å². The minimum absolute atomic E-state index is 0.0440. The van der Waals surface area contributed by atoms with Gasteiger partial charge in [-0.05, 0) is 33.3 Å². The third-order valence-electron chi connectivity index (χ3n) is 4.02. The molecule has 2 heterocycles. The van der Waals surface area contributed by atoms with Gasteiger partial charge < -0.3 is 4.90 Å². The van der Waals surface area contributed by atoms with E-state index in [1.54, 1.807) is 4.68 Å². The molecule has 0 unspecified atom stereocenters. The number of aryl methyl sites for hydroxylation is 3. The van der Waals surface area contributed by atoms with Crippen LogP contribution in [0, 0.1) is 13.8 Å². The van der Waals surface area contributed by atoms with Crippen molar-refractivity contribution >= 4 is 16.9 Å². The summed E-state index contributed by atoms with van der Waals surface area (Å²) in [6, 6.07) is 2.09. The topological polar surface area (TPSA) is 51.0 Å². The molecule has 1 amide bonds. The number of carbonyl (C=O) groups excluding carboxylic acids is 1. The second kappa shape index (κ2) is 5.84. The lowest BCUT2D eigenvalue weighted by atomic mass is 10.1. The Bertz CT molecular complexity index is 674. The number of pyridine rings is 1. The molecule has 114 valence electrons. The molecule has 0 saturated heterocycles. The summed E-state index contributed by atoms with van der Waals surface area (Å²) in [7, 11) is 3.73. The predicted octanol–water partition coefficient (Wildman–Crippen LogP) is 2.85. The highest BCUT2D eigenvalue weighted by Gasteiger charge is 2.22. The molecule has 0 saturated carbocycles. The molecule has 1 atom stereocenters. The monoisotopic (exact) mass is 288 g/mol. The molecule has 21 heavy (non-hydrogen) atoms. The Labute approximate surface area is 126 Å². The van der Waals surface area contributed by atoms with E-state index in [9.17, 15) is 4.79 Å². The van der Waals surface area contributed by atoms with Crippen LogP contribution in [0.4, 0.5) is 0 Å². The first-order valence-electron chi connectivity index (χ1n) is 7.44. The number of carbonyl (C=O) groups is 1. The van der Waals surface area contributed by atoms with E-state index in [1.165, 1.54) is 0 Å². The largest absolute Gasteiger partial charge is 0.339 e. The van der Waals surface area contributed by atoms with Crippen LogP contribution in [0.25, 0.3) is 11.0 Å². The summed E-state index contributed by atoms with van der Waals surface area (Å²) in [6.45, 7) is 8.05. The van der Waals surface area contributed by atoms with Crippen molar-refractivity contribution < 1.29 is 4.79 Å². The van der Waals surface area contributed by atoms with Crippen LogP contribution >= 0.6 is 0 Å². The number of hydrogen-bond donors (Lipinski definition) is 0. The van der Waals surface area contributed by atoms with Crippen LogP contribution in [0.2, 0.25) is 0 Å². The fraction of sp³-hybridized carbons (Fsp3) is 0.562.